The van der Waals surface area contributed by atoms with Crippen molar-refractivity contribution in [2.75, 3.05) is 20.3 Å². The highest BCUT2D eigenvalue weighted by atomic mass is 16.6. The number of carbonyl (C=O) groups excluding carboxylic acids is 1. The zero-order valence-corrected chi connectivity index (χ0v) is 10.7. The lowest BCUT2D eigenvalue weighted by molar-refractivity contribution is -0.385. The van der Waals surface area contributed by atoms with Crippen molar-refractivity contribution in [1.29, 1.82) is 0 Å². The summed E-state index contributed by atoms with van der Waals surface area (Å²) in [5.74, 6) is -1.94. The van der Waals surface area contributed by atoms with Gasteiger partial charge in [0.05, 0.1) is 4.92 Å². The van der Waals surface area contributed by atoms with Gasteiger partial charge >= 0.3 is 11.7 Å². The standard InChI is InChI=1S/C10H14N4O6/c1-20-4-2-3-11-8(15)6-13-5-7(14(18)19)9(12-13)10(16)17/h5H,2-4,6H2,1H3,(H,11,15)(H,16,17). The Balaban J connectivity index is 2.64. The van der Waals surface area contributed by atoms with Gasteiger partial charge in [0.25, 0.3) is 0 Å². The summed E-state index contributed by atoms with van der Waals surface area (Å²) in [5, 5.41) is 25.5. The van der Waals surface area contributed by atoms with Crippen LogP contribution in [0.4, 0.5) is 5.69 Å². The number of methoxy groups -OCH3 is 1. The summed E-state index contributed by atoms with van der Waals surface area (Å²) in [7, 11) is 1.54. The molecule has 0 spiro atoms. The lowest BCUT2D eigenvalue weighted by atomic mass is 10.4. The number of aromatic carboxylic acids is 1. The molecule has 0 saturated carbocycles. The molecule has 10 heteroatoms. The first kappa shape index (κ1) is 15.6. The van der Waals surface area contributed by atoms with E-state index in [1.807, 2.05) is 0 Å². The second-order valence-corrected chi connectivity index (χ2v) is 3.82. The molecule has 0 atom stereocenters. The molecule has 2 N–H and O–H groups in total. The molecule has 0 bridgehead atoms. The van der Waals surface area contributed by atoms with Crippen LogP contribution in [0.2, 0.25) is 0 Å². The summed E-state index contributed by atoms with van der Waals surface area (Å²) < 4.78 is 5.73. The summed E-state index contributed by atoms with van der Waals surface area (Å²) in [4.78, 5) is 32.1. The third-order valence-corrected chi connectivity index (χ3v) is 2.29. The second kappa shape index (κ2) is 7.19. The van der Waals surface area contributed by atoms with Gasteiger partial charge in [-0.3, -0.25) is 19.6 Å². The molecule has 1 amide bonds. The van der Waals surface area contributed by atoms with Crippen LogP contribution in [0.3, 0.4) is 0 Å². The van der Waals surface area contributed by atoms with Crippen LogP contribution in [0.15, 0.2) is 6.20 Å². The van der Waals surface area contributed by atoms with E-state index >= 15 is 0 Å². The van der Waals surface area contributed by atoms with Gasteiger partial charge in [-0.1, -0.05) is 0 Å². The largest absolute Gasteiger partial charge is 0.476 e. The minimum Gasteiger partial charge on any atom is -0.476 e. The number of aromatic nitrogens is 2. The SMILES string of the molecule is COCCCNC(=O)Cn1cc([N+](=O)[O-])c(C(=O)O)n1. The monoisotopic (exact) mass is 286 g/mol. The third-order valence-electron chi connectivity index (χ3n) is 2.29. The number of ether oxygens (including phenoxy) is 1. The molecule has 1 heterocycles. The Labute approximate surface area is 113 Å². The van der Waals surface area contributed by atoms with E-state index in [9.17, 15) is 19.7 Å². The smallest absolute Gasteiger partial charge is 0.363 e. The van der Waals surface area contributed by atoms with E-state index in [1.165, 1.54) is 7.11 Å². The average molecular weight is 286 g/mol. The van der Waals surface area contributed by atoms with E-state index in [4.69, 9.17) is 9.84 Å². The van der Waals surface area contributed by atoms with Crippen molar-refractivity contribution < 1.29 is 24.4 Å². The molecule has 0 fully saturated rings. The van der Waals surface area contributed by atoms with Gasteiger partial charge in [-0.2, -0.15) is 5.10 Å². The first-order chi connectivity index (χ1) is 9.45. The number of carbonyl (C=O) groups is 2. The van der Waals surface area contributed by atoms with Gasteiger partial charge in [0, 0.05) is 20.3 Å². The van der Waals surface area contributed by atoms with Crippen molar-refractivity contribution in [1.82, 2.24) is 15.1 Å². The Hall–Kier alpha value is -2.49. The van der Waals surface area contributed by atoms with Gasteiger partial charge in [-0.05, 0) is 6.42 Å². The van der Waals surface area contributed by atoms with Gasteiger partial charge in [0.2, 0.25) is 11.6 Å². The highest BCUT2D eigenvalue weighted by Crippen LogP contribution is 2.16. The normalized spacial score (nSPS) is 10.2. The molecule has 0 unspecified atom stereocenters. The summed E-state index contributed by atoms with van der Waals surface area (Å²) in [6.45, 7) is 0.597. The highest BCUT2D eigenvalue weighted by molar-refractivity contribution is 5.90. The van der Waals surface area contributed by atoms with Crippen LogP contribution in [-0.2, 0) is 16.1 Å². The summed E-state index contributed by atoms with van der Waals surface area (Å²) in [5.41, 5.74) is -1.34. The molecule has 0 aliphatic heterocycles. The van der Waals surface area contributed by atoms with Gasteiger partial charge in [0.15, 0.2) is 0 Å². The number of nitrogens with zero attached hydrogens (tertiary/aromatic N) is 3. The fourth-order valence-electron chi connectivity index (χ4n) is 1.43. The van der Waals surface area contributed by atoms with E-state index in [0.29, 0.717) is 19.6 Å². The minimum atomic E-state index is -1.52. The predicted molar refractivity (Wildman–Crippen MR) is 65.3 cm³/mol. The van der Waals surface area contributed by atoms with Crippen molar-refractivity contribution in [3.8, 4) is 0 Å². The molecule has 1 rings (SSSR count). The molecule has 20 heavy (non-hydrogen) atoms. The molecular formula is C10H14N4O6. The maximum Gasteiger partial charge on any atom is 0.363 e. The van der Waals surface area contributed by atoms with Crippen LogP contribution < -0.4 is 5.32 Å². The van der Waals surface area contributed by atoms with Gasteiger partial charge in [-0.25, -0.2) is 4.79 Å². The van der Waals surface area contributed by atoms with E-state index in [2.05, 4.69) is 10.4 Å². The Morgan fingerprint density at radius 2 is 2.30 bits per heavy atom. The highest BCUT2D eigenvalue weighted by Gasteiger charge is 2.25. The lowest BCUT2D eigenvalue weighted by Crippen LogP contribution is -2.29. The Morgan fingerprint density at radius 1 is 1.60 bits per heavy atom. The number of amides is 1. The first-order valence-corrected chi connectivity index (χ1v) is 5.66. The molecule has 110 valence electrons. The molecule has 0 saturated heterocycles. The number of rotatable bonds is 8. The third kappa shape index (κ3) is 4.31. The van der Waals surface area contributed by atoms with Crippen LogP contribution in [0.25, 0.3) is 0 Å². The van der Waals surface area contributed by atoms with E-state index < -0.39 is 28.2 Å². The molecule has 0 radical (unpaired) electrons. The molecule has 1 aromatic heterocycles. The molecule has 0 aromatic carbocycles. The zero-order chi connectivity index (χ0) is 15.1. The summed E-state index contributed by atoms with van der Waals surface area (Å²) in [6, 6.07) is 0. The zero-order valence-electron chi connectivity index (χ0n) is 10.7. The van der Waals surface area contributed by atoms with Crippen LogP contribution in [0.1, 0.15) is 16.9 Å². The van der Waals surface area contributed by atoms with E-state index in [1.54, 1.807) is 0 Å². The fraction of sp³-hybridized carbons (Fsp3) is 0.500. The Kier molecular flexibility index (Phi) is 5.59. The van der Waals surface area contributed by atoms with Crippen molar-refractivity contribution in [2.24, 2.45) is 0 Å². The number of carboxylic acid groups (broad SMARTS) is 1. The van der Waals surface area contributed by atoms with Crippen LogP contribution in [-0.4, -0.2) is 51.9 Å². The number of nitro groups is 1. The van der Waals surface area contributed by atoms with Crippen molar-refractivity contribution in [2.45, 2.75) is 13.0 Å². The second-order valence-electron chi connectivity index (χ2n) is 3.82. The van der Waals surface area contributed by atoms with Gasteiger partial charge < -0.3 is 15.2 Å². The molecule has 10 nitrogen and oxygen atoms in total. The van der Waals surface area contributed by atoms with Crippen molar-refractivity contribution >= 4 is 17.6 Å². The maximum atomic E-state index is 11.5. The Bertz CT molecular complexity index is 480. The molecule has 0 aliphatic rings. The van der Waals surface area contributed by atoms with Crippen LogP contribution in [0, 0.1) is 10.1 Å². The van der Waals surface area contributed by atoms with E-state index in [0.717, 1.165) is 10.9 Å². The summed E-state index contributed by atoms with van der Waals surface area (Å²) in [6.07, 6.45) is 1.54. The van der Waals surface area contributed by atoms with Crippen molar-refractivity contribution in [3.05, 3.63) is 22.0 Å². The number of hydrogen-bond acceptors (Lipinski definition) is 6. The van der Waals surface area contributed by atoms with Gasteiger partial charge in [0.1, 0.15) is 12.7 Å². The topological polar surface area (TPSA) is 137 Å². The fourth-order valence-corrected chi connectivity index (χ4v) is 1.43. The first-order valence-electron chi connectivity index (χ1n) is 5.66. The molecular weight excluding hydrogens is 272 g/mol. The molecule has 0 aliphatic carbocycles. The lowest BCUT2D eigenvalue weighted by Gasteiger charge is -2.04. The van der Waals surface area contributed by atoms with Crippen LogP contribution in [0.5, 0.6) is 0 Å². The van der Waals surface area contributed by atoms with Crippen LogP contribution >= 0.6 is 0 Å². The summed E-state index contributed by atoms with van der Waals surface area (Å²) >= 11 is 0. The molecule has 1 aromatic rings. The number of carboxylic acids is 1. The number of hydrogen-bond donors (Lipinski definition) is 2. The maximum absolute atomic E-state index is 11.5. The quantitative estimate of drug-likeness (QED) is 0.378. The average Bonchev–Trinajstić information content (AvgIpc) is 2.79. The number of nitrogens with one attached hydrogen (secondary N) is 1. The Morgan fingerprint density at radius 3 is 2.80 bits per heavy atom. The predicted octanol–water partition coefficient (Wildman–Crippen LogP) is -0.358. The van der Waals surface area contributed by atoms with Gasteiger partial charge in [-0.15, -0.1) is 0 Å². The van der Waals surface area contributed by atoms with Crippen molar-refractivity contribution in [3.63, 3.8) is 0 Å². The van der Waals surface area contributed by atoms with E-state index in [-0.39, 0.29) is 6.54 Å². The minimum absolute atomic E-state index is 0.291.